The second-order valence-electron chi connectivity index (χ2n) is 5.66. The van der Waals surface area contributed by atoms with Gasteiger partial charge in [-0.05, 0) is 47.0 Å². The van der Waals surface area contributed by atoms with Crippen molar-refractivity contribution in [3.8, 4) is 0 Å². The van der Waals surface area contributed by atoms with Gasteiger partial charge in [-0.2, -0.15) is 0 Å². The molecular formula is C21H14F2NP. The zero-order valence-corrected chi connectivity index (χ0v) is 14.1. The minimum atomic E-state index is -1.14. The highest BCUT2D eigenvalue weighted by Gasteiger charge is 2.19. The van der Waals surface area contributed by atoms with Crippen molar-refractivity contribution < 1.29 is 8.78 Å². The molecule has 0 aliphatic heterocycles. The van der Waals surface area contributed by atoms with E-state index in [1.54, 1.807) is 12.1 Å². The third kappa shape index (κ3) is 3.29. The molecule has 4 heteroatoms. The Balaban J connectivity index is 1.92. The van der Waals surface area contributed by atoms with Crippen molar-refractivity contribution in [1.29, 1.82) is 0 Å². The van der Waals surface area contributed by atoms with Crippen molar-refractivity contribution in [2.45, 2.75) is 0 Å². The van der Waals surface area contributed by atoms with Crippen LogP contribution in [0.1, 0.15) is 0 Å². The fourth-order valence-corrected chi connectivity index (χ4v) is 5.06. The van der Waals surface area contributed by atoms with Gasteiger partial charge in [-0.3, -0.25) is 0 Å². The number of para-hydroxylation sites is 1. The molecule has 0 amide bonds. The molecule has 0 saturated carbocycles. The van der Waals surface area contributed by atoms with Crippen LogP contribution in [0.2, 0.25) is 0 Å². The van der Waals surface area contributed by atoms with Crippen molar-refractivity contribution in [3.05, 3.63) is 96.6 Å². The SMILES string of the molecule is Fc1cccc(P(c2cccc(F)c2)c2ccc3ccccc3n2)c1. The van der Waals surface area contributed by atoms with E-state index in [1.807, 2.05) is 48.5 Å². The lowest BCUT2D eigenvalue weighted by Gasteiger charge is -2.19. The lowest BCUT2D eigenvalue weighted by atomic mass is 10.2. The molecule has 0 N–H and O–H groups in total. The fourth-order valence-electron chi connectivity index (χ4n) is 2.82. The summed E-state index contributed by atoms with van der Waals surface area (Å²) < 4.78 is 27.6. The van der Waals surface area contributed by atoms with Crippen LogP contribution in [0, 0.1) is 11.6 Å². The summed E-state index contributed by atoms with van der Waals surface area (Å²) in [6.45, 7) is 0. The number of benzene rings is 3. The molecule has 0 fully saturated rings. The first-order chi connectivity index (χ1) is 12.2. The van der Waals surface area contributed by atoms with Crippen molar-refractivity contribution in [2.24, 2.45) is 0 Å². The van der Waals surface area contributed by atoms with Gasteiger partial charge in [0.05, 0.1) is 11.0 Å². The number of aromatic nitrogens is 1. The highest BCUT2D eigenvalue weighted by Crippen LogP contribution is 2.33. The predicted octanol–water partition coefficient (Wildman–Crippen LogP) is 4.27. The molecule has 1 aromatic heterocycles. The number of nitrogens with zero attached hydrogens (tertiary/aromatic N) is 1. The van der Waals surface area contributed by atoms with Crippen LogP contribution in [0.25, 0.3) is 10.9 Å². The maximum Gasteiger partial charge on any atom is 0.123 e. The summed E-state index contributed by atoms with van der Waals surface area (Å²) in [4.78, 5) is 4.77. The maximum atomic E-state index is 13.8. The number of pyridine rings is 1. The van der Waals surface area contributed by atoms with Gasteiger partial charge in [0.15, 0.2) is 0 Å². The van der Waals surface area contributed by atoms with E-state index in [9.17, 15) is 8.78 Å². The second-order valence-corrected chi connectivity index (χ2v) is 7.82. The van der Waals surface area contributed by atoms with Gasteiger partial charge in [0.2, 0.25) is 0 Å². The predicted molar refractivity (Wildman–Crippen MR) is 100 cm³/mol. The van der Waals surface area contributed by atoms with Crippen molar-refractivity contribution in [3.63, 3.8) is 0 Å². The van der Waals surface area contributed by atoms with Crippen LogP contribution >= 0.6 is 7.92 Å². The number of hydrogen-bond donors (Lipinski definition) is 0. The summed E-state index contributed by atoms with van der Waals surface area (Å²) in [6.07, 6.45) is 0. The van der Waals surface area contributed by atoms with Crippen LogP contribution in [0.3, 0.4) is 0 Å². The van der Waals surface area contributed by atoms with Crippen molar-refractivity contribution in [1.82, 2.24) is 4.98 Å². The molecule has 1 heterocycles. The first-order valence-electron chi connectivity index (χ1n) is 7.88. The summed E-state index contributed by atoms with van der Waals surface area (Å²) in [5, 5.41) is 2.66. The number of rotatable bonds is 3. The van der Waals surface area contributed by atoms with Crippen molar-refractivity contribution >= 4 is 34.9 Å². The Kier molecular flexibility index (Phi) is 4.25. The molecule has 0 atom stereocenters. The molecule has 122 valence electrons. The largest absolute Gasteiger partial charge is 0.247 e. The van der Waals surface area contributed by atoms with E-state index in [-0.39, 0.29) is 11.6 Å². The molecule has 0 aliphatic rings. The van der Waals surface area contributed by atoms with Gasteiger partial charge < -0.3 is 0 Å². The zero-order valence-electron chi connectivity index (χ0n) is 13.2. The number of halogens is 2. The van der Waals surface area contributed by atoms with Crippen LogP contribution in [-0.4, -0.2) is 4.98 Å². The minimum absolute atomic E-state index is 0.304. The molecule has 0 unspecified atom stereocenters. The molecule has 25 heavy (non-hydrogen) atoms. The third-order valence-electron chi connectivity index (χ3n) is 3.95. The van der Waals surface area contributed by atoms with Gasteiger partial charge in [-0.25, -0.2) is 13.8 Å². The molecule has 0 saturated heterocycles. The van der Waals surface area contributed by atoms with Crippen LogP contribution in [0.4, 0.5) is 8.78 Å². The summed E-state index contributed by atoms with van der Waals surface area (Å²) in [5.74, 6) is -0.607. The Morgan fingerprint density at radius 1 is 0.640 bits per heavy atom. The molecule has 1 nitrogen and oxygen atoms in total. The van der Waals surface area contributed by atoms with E-state index in [0.717, 1.165) is 26.9 Å². The van der Waals surface area contributed by atoms with E-state index in [1.165, 1.54) is 24.3 Å². The molecule has 3 aromatic carbocycles. The van der Waals surface area contributed by atoms with E-state index in [2.05, 4.69) is 0 Å². The first kappa shape index (κ1) is 15.9. The molecule has 0 bridgehead atoms. The third-order valence-corrected chi connectivity index (χ3v) is 6.24. The van der Waals surface area contributed by atoms with Gasteiger partial charge in [0.25, 0.3) is 0 Å². The molecular weight excluding hydrogens is 335 g/mol. The Bertz CT molecular complexity index is 1000. The summed E-state index contributed by atoms with van der Waals surface area (Å²) in [7, 11) is -1.14. The molecule has 4 rings (SSSR count). The van der Waals surface area contributed by atoms with Crippen molar-refractivity contribution in [2.75, 3.05) is 0 Å². The standard InChI is InChI=1S/C21H14F2NP/c22-16-6-3-8-18(13-16)25(19-9-4-7-17(23)14-19)21-12-11-15-5-1-2-10-20(15)24-21/h1-14H. The number of fused-ring (bicyclic) bond motifs is 1. The monoisotopic (exact) mass is 349 g/mol. The van der Waals surface area contributed by atoms with Crippen LogP contribution in [0.5, 0.6) is 0 Å². The zero-order chi connectivity index (χ0) is 17.2. The summed E-state index contributed by atoms with van der Waals surface area (Å²) in [6, 6.07) is 24.7. The Morgan fingerprint density at radius 2 is 1.28 bits per heavy atom. The van der Waals surface area contributed by atoms with Gasteiger partial charge in [-0.15, -0.1) is 0 Å². The van der Waals surface area contributed by atoms with Crippen LogP contribution in [-0.2, 0) is 0 Å². The van der Waals surface area contributed by atoms with E-state index >= 15 is 0 Å². The van der Waals surface area contributed by atoms with E-state index < -0.39 is 7.92 Å². The van der Waals surface area contributed by atoms with Gasteiger partial charge >= 0.3 is 0 Å². The van der Waals surface area contributed by atoms with Gasteiger partial charge in [0, 0.05) is 13.3 Å². The Morgan fingerprint density at radius 3 is 1.92 bits per heavy atom. The maximum absolute atomic E-state index is 13.8. The molecule has 0 radical (unpaired) electrons. The van der Waals surface area contributed by atoms with Crippen LogP contribution in [0.15, 0.2) is 84.9 Å². The topological polar surface area (TPSA) is 12.9 Å². The molecule has 4 aromatic rings. The lowest BCUT2D eigenvalue weighted by Crippen LogP contribution is -2.23. The second kappa shape index (κ2) is 6.70. The van der Waals surface area contributed by atoms with E-state index in [0.29, 0.717) is 0 Å². The quantitative estimate of drug-likeness (QED) is 0.504. The molecule has 0 spiro atoms. The van der Waals surface area contributed by atoms with Gasteiger partial charge in [-0.1, -0.05) is 48.5 Å². The summed E-state index contributed by atoms with van der Waals surface area (Å²) >= 11 is 0. The Labute approximate surface area is 145 Å². The summed E-state index contributed by atoms with van der Waals surface area (Å²) in [5.41, 5.74) is 1.70. The first-order valence-corrected chi connectivity index (χ1v) is 9.22. The fraction of sp³-hybridized carbons (Fsp3) is 0. The van der Waals surface area contributed by atoms with E-state index in [4.69, 9.17) is 4.98 Å². The highest BCUT2D eigenvalue weighted by molar-refractivity contribution is 7.79. The smallest absolute Gasteiger partial charge is 0.123 e. The lowest BCUT2D eigenvalue weighted by molar-refractivity contribution is 0.629. The normalized spacial score (nSPS) is 11.2. The van der Waals surface area contributed by atoms with Gasteiger partial charge in [0.1, 0.15) is 11.6 Å². The average molecular weight is 349 g/mol. The minimum Gasteiger partial charge on any atom is -0.247 e. The van der Waals surface area contributed by atoms with Crippen LogP contribution < -0.4 is 16.0 Å². The number of hydrogen-bond acceptors (Lipinski definition) is 1. The average Bonchev–Trinajstić information content (AvgIpc) is 2.62. The molecule has 0 aliphatic carbocycles. The highest BCUT2D eigenvalue weighted by atomic mass is 31.1. The Hall–Kier alpha value is -2.64.